The van der Waals surface area contributed by atoms with E-state index >= 15 is 0 Å². The molecule has 1 aromatic rings. The Morgan fingerprint density at radius 1 is 1.31 bits per heavy atom. The summed E-state index contributed by atoms with van der Waals surface area (Å²) in [6.45, 7) is 1.85. The Kier molecular flexibility index (Phi) is 3.53. The van der Waals surface area contributed by atoms with Gasteiger partial charge in [-0.1, -0.05) is 11.6 Å². The van der Waals surface area contributed by atoms with Gasteiger partial charge in [0.25, 0.3) is 0 Å². The molecule has 0 saturated carbocycles. The monoisotopic (exact) mass is 242 g/mol. The molecule has 0 amide bonds. The quantitative estimate of drug-likeness (QED) is 0.818. The minimum Gasteiger partial charge on any atom is -0.486 e. The van der Waals surface area contributed by atoms with Crippen molar-refractivity contribution in [3.63, 3.8) is 0 Å². The molecule has 1 aromatic carbocycles. The Hall–Kier alpha value is -0.970. The minimum absolute atomic E-state index is 0.558. The van der Waals surface area contributed by atoms with Gasteiger partial charge in [-0.2, -0.15) is 0 Å². The Morgan fingerprint density at radius 2 is 2.06 bits per heavy atom. The van der Waals surface area contributed by atoms with E-state index in [0.717, 1.165) is 11.3 Å². The molecule has 1 aliphatic rings. The van der Waals surface area contributed by atoms with Crippen LogP contribution in [0.15, 0.2) is 12.1 Å². The normalized spacial score (nSPS) is 14.2. The molecule has 1 N–H and O–H groups in total. The van der Waals surface area contributed by atoms with Crippen LogP contribution in [-0.4, -0.2) is 32.3 Å². The van der Waals surface area contributed by atoms with Crippen LogP contribution < -0.4 is 14.9 Å². The molecule has 0 spiro atoms. The van der Waals surface area contributed by atoms with Crippen molar-refractivity contribution in [3.05, 3.63) is 22.7 Å². The van der Waals surface area contributed by atoms with Gasteiger partial charge in [0, 0.05) is 20.6 Å². The first kappa shape index (κ1) is 11.5. The van der Waals surface area contributed by atoms with Crippen molar-refractivity contribution in [1.82, 2.24) is 10.4 Å². The summed E-state index contributed by atoms with van der Waals surface area (Å²) in [5.74, 6) is 1.39. The molecule has 1 aliphatic heterocycles. The first-order valence-corrected chi connectivity index (χ1v) is 5.53. The van der Waals surface area contributed by atoms with Crippen LogP contribution in [0.4, 0.5) is 0 Å². The zero-order valence-corrected chi connectivity index (χ0v) is 10.2. The average Bonchev–Trinajstić information content (AvgIpc) is 2.26. The van der Waals surface area contributed by atoms with Gasteiger partial charge in [-0.05, 0) is 17.7 Å². The number of nitrogens with zero attached hydrogens (tertiary/aromatic N) is 1. The summed E-state index contributed by atoms with van der Waals surface area (Å²) in [7, 11) is 3.89. The highest BCUT2D eigenvalue weighted by Crippen LogP contribution is 2.38. The Morgan fingerprint density at radius 3 is 2.81 bits per heavy atom. The zero-order valence-electron chi connectivity index (χ0n) is 9.42. The van der Waals surface area contributed by atoms with Crippen LogP contribution in [0.3, 0.4) is 0 Å². The predicted molar refractivity (Wildman–Crippen MR) is 63.0 cm³/mol. The van der Waals surface area contributed by atoms with E-state index < -0.39 is 0 Å². The predicted octanol–water partition coefficient (Wildman–Crippen LogP) is 1.68. The van der Waals surface area contributed by atoms with Gasteiger partial charge in [-0.15, -0.1) is 0 Å². The summed E-state index contributed by atoms with van der Waals surface area (Å²) in [4.78, 5) is 0. The van der Waals surface area contributed by atoms with Crippen LogP contribution in [0.2, 0.25) is 5.02 Å². The van der Waals surface area contributed by atoms with Crippen molar-refractivity contribution < 1.29 is 9.47 Å². The fourth-order valence-electron chi connectivity index (χ4n) is 1.52. The van der Waals surface area contributed by atoms with E-state index in [9.17, 15) is 0 Å². The van der Waals surface area contributed by atoms with Crippen molar-refractivity contribution in [2.24, 2.45) is 0 Å². The van der Waals surface area contributed by atoms with Crippen molar-refractivity contribution >= 4 is 11.6 Å². The zero-order chi connectivity index (χ0) is 11.5. The van der Waals surface area contributed by atoms with E-state index in [-0.39, 0.29) is 0 Å². The van der Waals surface area contributed by atoms with Crippen molar-refractivity contribution in [2.45, 2.75) is 6.54 Å². The van der Waals surface area contributed by atoms with E-state index in [0.29, 0.717) is 30.5 Å². The lowest BCUT2D eigenvalue weighted by atomic mass is 10.2. The summed E-state index contributed by atoms with van der Waals surface area (Å²) in [5, 5.41) is 2.50. The third-order valence-corrected chi connectivity index (χ3v) is 2.54. The molecule has 0 radical (unpaired) electrons. The molecule has 0 bridgehead atoms. The number of fused-ring (bicyclic) bond motifs is 1. The highest BCUT2D eigenvalue weighted by Gasteiger charge is 2.16. The first-order chi connectivity index (χ1) is 7.66. The number of halogens is 1. The Bertz CT molecular complexity index is 382. The second-order valence-electron chi connectivity index (χ2n) is 3.83. The lowest BCUT2D eigenvalue weighted by Gasteiger charge is -2.21. The third kappa shape index (κ3) is 2.58. The van der Waals surface area contributed by atoms with Crippen molar-refractivity contribution in [1.29, 1.82) is 0 Å². The first-order valence-electron chi connectivity index (χ1n) is 5.15. The smallest absolute Gasteiger partial charge is 0.179 e. The van der Waals surface area contributed by atoms with Gasteiger partial charge < -0.3 is 9.47 Å². The number of hydrogen-bond donors (Lipinski definition) is 1. The summed E-state index contributed by atoms with van der Waals surface area (Å²) < 4.78 is 10.9. The molecule has 0 atom stereocenters. The average molecular weight is 243 g/mol. The number of ether oxygens (including phenoxy) is 2. The maximum absolute atomic E-state index is 6.12. The van der Waals surface area contributed by atoms with E-state index in [4.69, 9.17) is 21.1 Å². The largest absolute Gasteiger partial charge is 0.486 e. The molecule has 0 aromatic heterocycles. The molecule has 0 fully saturated rings. The number of hydrazine groups is 1. The summed E-state index contributed by atoms with van der Waals surface area (Å²) in [6, 6.07) is 3.85. The molecule has 0 saturated heterocycles. The van der Waals surface area contributed by atoms with Gasteiger partial charge in [0.1, 0.15) is 13.2 Å². The lowest BCUT2D eigenvalue weighted by Crippen LogP contribution is -2.29. The van der Waals surface area contributed by atoms with Crippen LogP contribution in [0, 0.1) is 0 Å². The number of rotatable bonds is 3. The second kappa shape index (κ2) is 4.91. The van der Waals surface area contributed by atoms with E-state index in [2.05, 4.69) is 5.43 Å². The molecule has 0 unspecified atom stereocenters. The fraction of sp³-hybridized carbons (Fsp3) is 0.455. The Balaban J connectivity index is 2.18. The highest BCUT2D eigenvalue weighted by molar-refractivity contribution is 6.32. The van der Waals surface area contributed by atoms with Gasteiger partial charge in [0.2, 0.25) is 0 Å². The number of hydrogen-bond acceptors (Lipinski definition) is 4. The molecule has 2 rings (SSSR count). The maximum atomic E-state index is 6.12. The molecule has 0 aliphatic carbocycles. The number of nitrogens with one attached hydrogen (secondary N) is 1. The van der Waals surface area contributed by atoms with Gasteiger partial charge in [0.05, 0.1) is 5.02 Å². The lowest BCUT2D eigenvalue weighted by molar-refractivity contribution is 0.171. The molecule has 4 nitrogen and oxygen atoms in total. The summed E-state index contributed by atoms with van der Waals surface area (Å²) >= 11 is 6.12. The van der Waals surface area contributed by atoms with Gasteiger partial charge in [-0.25, -0.2) is 0 Å². The highest BCUT2D eigenvalue weighted by atomic mass is 35.5. The Labute approximate surface area is 100 Å². The van der Waals surface area contributed by atoms with Crippen LogP contribution >= 0.6 is 11.6 Å². The van der Waals surface area contributed by atoms with Gasteiger partial charge in [-0.3, -0.25) is 10.4 Å². The molecular weight excluding hydrogens is 228 g/mol. The van der Waals surface area contributed by atoms with Crippen LogP contribution in [0.25, 0.3) is 0 Å². The third-order valence-electron chi connectivity index (χ3n) is 2.26. The van der Waals surface area contributed by atoms with Gasteiger partial charge >= 0.3 is 0 Å². The van der Waals surface area contributed by atoms with E-state index in [1.807, 2.05) is 31.2 Å². The molecule has 88 valence electrons. The van der Waals surface area contributed by atoms with Crippen molar-refractivity contribution in [2.75, 3.05) is 27.3 Å². The molecular formula is C11H15ClN2O2. The van der Waals surface area contributed by atoms with Crippen LogP contribution in [0.1, 0.15) is 5.56 Å². The second-order valence-corrected chi connectivity index (χ2v) is 4.24. The topological polar surface area (TPSA) is 33.7 Å². The van der Waals surface area contributed by atoms with E-state index in [1.165, 1.54) is 0 Å². The van der Waals surface area contributed by atoms with Crippen LogP contribution in [-0.2, 0) is 6.54 Å². The number of benzene rings is 1. The molecule has 5 heteroatoms. The van der Waals surface area contributed by atoms with Crippen molar-refractivity contribution in [3.8, 4) is 11.5 Å². The molecule has 16 heavy (non-hydrogen) atoms. The summed E-state index contributed by atoms with van der Waals surface area (Å²) in [6.07, 6.45) is 0. The molecule has 1 heterocycles. The SMILES string of the molecule is CN(C)NCc1cc(Cl)c2c(c1)OCCO2. The fourth-order valence-corrected chi connectivity index (χ4v) is 1.80. The standard InChI is InChI=1S/C11H15ClN2O2/c1-14(2)13-7-8-5-9(12)11-10(6-8)15-3-4-16-11/h5-6,13H,3-4,7H2,1-2H3. The maximum Gasteiger partial charge on any atom is 0.179 e. The summed E-state index contributed by atoms with van der Waals surface area (Å²) in [5.41, 5.74) is 4.25. The van der Waals surface area contributed by atoms with Crippen LogP contribution in [0.5, 0.6) is 11.5 Å². The van der Waals surface area contributed by atoms with E-state index in [1.54, 1.807) is 0 Å². The minimum atomic E-state index is 0.558. The van der Waals surface area contributed by atoms with Gasteiger partial charge in [0.15, 0.2) is 11.5 Å².